The van der Waals surface area contributed by atoms with Crippen LogP contribution in [-0.2, 0) is 4.79 Å². The van der Waals surface area contributed by atoms with Gasteiger partial charge in [0.15, 0.2) is 17.7 Å². The first-order valence-electron chi connectivity index (χ1n) is 8.28. The molecule has 1 aromatic heterocycles. The third-order valence-electron chi connectivity index (χ3n) is 4.11. The Morgan fingerprint density at radius 3 is 2.50 bits per heavy atom. The molecule has 0 N–H and O–H groups in total. The zero-order valence-corrected chi connectivity index (χ0v) is 16.0. The SMILES string of the molecule is C[C@@H](Oc1cc2oc(=O)cc(-c3ccc(F)cc3Cl)c2cc1F)C(=O)N(C)C. The molecule has 2 aromatic carbocycles. The van der Waals surface area contributed by atoms with Crippen molar-refractivity contribution in [1.82, 2.24) is 4.90 Å². The molecular formula is C20H16ClF2NO4. The normalized spacial score (nSPS) is 12.1. The second-order valence-electron chi connectivity index (χ2n) is 6.37. The summed E-state index contributed by atoms with van der Waals surface area (Å²) in [5.41, 5.74) is -0.00837. The molecule has 0 aliphatic rings. The highest BCUT2D eigenvalue weighted by molar-refractivity contribution is 6.33. The average molecular weight is 408 g/mol. The lowest BCUT2D eigenvalue weighted by molar-refractivity contribution is -0.135. The van der Waals surface area contributed by atoms with Crippen LogP contribution in [0, 0.1) is 11.6 Å². The third kappa shape index (κ3) is 3.84. The van der Waals surface area contributed by atoms with E-state index in [4.69, 9.17) is 20.8 Å². The van der Waals surface area contributed by atoms with Gasteiger partial charge in [-0.15, -0.1) is 0 Å². The Kier molecular flexibility index (Phi) is 5.38. The summed E-state index contributed by atoms with van der Waals surface area (Å²) in [6.07, 6.45) is -0.941. The predicted molar refractivity (Wildman–Crippen MR) is 102 cm³/mol. The van der Waals surface area contributed by atoms with Gasteiger partial charge in [-0.3, -0.25) is 4.79 Å². The van der Waals surface area contributed by atoms with Gasteiger partial charge < -0.3 is 14.1 Å². The Hall–Kier alpha value is -2.93. The number of nitrogens with zero attached hydrogens (tertiary/aromatic N) is 1. The van der Waals surface area contributed by atoms with Crippen LogP contribution in [0.2, 0.25) is 5.02 Å². The Bertz CT molecular complexity index is 1130. The Labute approximate surface area is 164 Å². The van der Waals surface area contributed by atoms with Crippen molar-refractivity contribution in [1.29, 1.82) is 0 Å². The van der Waals surface area contributed by atoms with Crippen molar-refractivity contribution in [3.8, 4) is 16.9 Å². The Balaban J connectivity index is 2.13. The number of likely N-dealkylation sites (N-methyl/N-ethyl adjacent to an activating group) is 1. The van der Waals surface area contributed by atoms with Gasteiger partial charge >= 0.3 is 5.63 Å². The molecular weight excluding hydrogens is 392 g/mol. The molecule has 0 unspecified atom stereocenters. The van der Waals surface area contributed by atoms with Crippen molar-refractivity contribution in [3.63, 3.8) is 0 Å². The molecule has 0 aliphatic carbocycles. The summed E-state index contributed by atoms with van der Waals surface area (Å²) in [6, 6.07) is 7.15. The smallest absolute Gasteiger partial charge is 0.336 e. The van der Waals surface area contributed by atoms with E-state index in [0.29, 0.717) is 11.1 Å². The van der Waals surface area contributed by atoms with E-state index in [0.717, 1.165) is 18.2 Å². The second-order valence-corrected chi connectivity index (χ2v) is 6.78. The monoisotopic (exact) mass is 407 g/mol. The third-order valence-corrected chi connectivity index (χ3v) is 4.42. The van der Waals surface area contributed by atoms with E-state index in [1.165, 1.54) is 30.0 Å². The molecule has 0 radical (unpaired) electrons. The van der Waals surface area contributed by atoms with Crippen LogP contribution >= 0.6 is 11.6 Å². The molecule has 1 atom stereocenters. The number of carbonyl (C=O) groups excluding carboxylic acids is 1. The maximum Gasteiger partial charge on any atom is 0.336 e. The molecule has 1 amide bonds. The number of halogens is 3. The molecule has 8 heteroatoms. The molecule has 0 fully saturated rings. The molecule has 28 heavy (non-hydrogen) atoms. The van der Waals surface area contributed by atoms with Crippen molar-refractivity contribution in [2.24, 2.45) is 0 Å². The highest BCUT2D eigenvalue weighted by Crippen LogP contribution is 2.35. The summed E-state index contributed by atoms with van der Waals surface area (Å²) < 4.78 is 38.5. The molecule has 0 bridgehead atoms. The minimum absolute atomic E-state index is 0.0452. The standard InChI is InChI=1S/C20H16ClF2NO4/c1-10(20(26)24(2)3)27-18-9-17-14(7-16(18)23)13(8-19(25)28-17)12-5-4-11(22)6-15(12)21/h4-10H,1-3H3/t10-/m1/s1. The van der Waals surface area contributed by atoms with E-state index in [-0.39, 0.29) is 27.6 Å². The van der Waals surface area contributed by atoms with Crippen LogP contribution in [0.4, 0.5) is 8.78 Å². The maximum atomic E-state index is 14.6. The zero-order chi connectivity index (χ0) is 20.6. The van der Waals surface area contributed by atoms with Gasteiger partial charge in [0, 0.05) is 42.7 Å². The lowest BCUT2D eigenvalue weighted by Crippen LogP contribution is -2.35. The lowest BCUT2D eigenvalue weighted by atomic mass is 10.0. The maximum absolute atomic E-state index is 14.6. The van der Waals surface area contributed by atoms with Crippen molar-refractivity contribution in [3.05, 3.63) is 63.5 Å². The molecule has 0 saturated heterocycles. The number of rotatable bonds is 4. The predicted octanol–water partition coefficient (Wildman–Crippen LogP) is 4.25. The summed E-state index contributed by atoms with van der Waals surface area (Å²) in [4.78, 5) is 25.3. The molecule has 5 nitrogen and oxygen atoms in total. The number of hydrogen-bond donors (Lipinski definition) is 0. The lowest BCUT2D eigenvalue weighted by Gasteiger charge is -2.19. The van der Waals surface area contributed by atoms with Gasteiger partial charge in [-0.25, -0.2) is 13.6 Å². The van der Waals surface area contributed by atoms with Gasteiger partial charge in [-0.1, -0.05) is 11.6 Å². The number of benzene rings is 2. The van der Waals surface area contributed by atoms with Crippen molar-refractivity contribution < 1.29 is 22.7 Å². The van der Waals surface area contributed by atoms with Gasteiger partial charge in [0.2, 0.25) is 0 Å². The first kappa shape index (κ1) is 19.8. The van der Waals surface area contributed by atoms with E-state index in [2.05, 4.69) is 0 Å². The molecule has 3 aromatic rings. The van der Waals surface area contributed by atoms with E-state index in [9.17, 15) is 18.4 Å². The second kappa shape index (κ2) is 7.59. The molecule has 0 spiro atoms. The highest BCUT2D eigenvalue weighted by Gasteiger charge is 2.20. The van der Waals surface area contributed by atoms with Crippen molar-refractivity contribution >= 4 is 28.5 Å². The number of carbonyl (C=O) groups is 1. The van der Waals surface area contributed by atoms with Crippen molar-refractivity contribution in [2.75, 3.05) is 14.1 Å². The van der Waals surface area contributed by atoms with Crippen molar-refractivity contribution in [2.45, 2.75) is 13.0 Å². The Morgan fingerprint density at radius 2 is 1.86 bits per heavy atom. The first-order chi connectivity index (χ1) is 13.2. The van der Waals surface area contributed by atoms with E-state index < -0.39 is 23.4 Å². The first-order valence-corrected chi connectivity index (χ1v) is 8.66. The van der Waals surface area contributed by atoms with Crippen LogP contribution in [0.3, 0.4) is 0 Å². The number of ether oxygens (including phenoxy) is 1. The van der Waals surface area contributed by atoms with Gasteiger partial charge in [-0.2, -0.15) is 0 Å². The van der Waals surface area contributed by atoms with Gasteiger partial charge in [0.1, 0.15) is 11.4 Å². The highest BCUT2D eigenvalue weighted by atomic mass is 35.5. The number of hydrogen-bond acceptors (Lipinski definition) is 4. The minimum Gasteiger partial charge on any atom is -0.478 e. The summed E-state index contributed by atoms with van der Waals surface area (Å²) >= 11 is 6.09. The fraction of sp³-hybridized carbons (Fsp3) is 0.200. The Morgan fingerprint density at radius 1 is 1.14 bits per heavy atom. The molecule has 0 aliphatic heterocycles. The number of fused-ring (bicyclic) bond motifs is 1. The van der Waals surface area contributed by atoms with Crippen LogP contribution in [0.5, 0.6) is 5.75 Å². The van der Waals surface area contributed by atoms with Crippen LogP contribution < -0.4 is 10.4 Å². The van der Waals surface area contributed by atoms with E-state index in [1.54, 1.807) is 14.1 Å². The molecule has 3 rings (SSSR count). The average Bonchev–Trinajstić information content (AvgIpc) is 2.61. The molecule has 1 heterocycles. The fourth-order valence-corrected chi connectivity index (χ4v) is 3.06. The van der Waals surface area contributed by atoms with Crippen LogP contribution in [0.15, 0.2) is 45.6 Å². The number of amides is 1. The van der Waals surface area contributed by atoms with Crippen LogP contribution in [-0.4, -0.2) is 31.0 Å². The van der Waals surface area contributed by atoms with Crippen LogP contribution in [0.1, 0.15) is 6.92 Å². The van der Waals surface area contributed by atoms with E-state index >= 15 is 0 Å². The largest absolute Gasteiger partial charge is 0.478 e. The topological polar surface area (TPSA) is 59.8 Å². The van der Waals surface area contributed by atoms with Gasteiger partial charge in [0.25, 0.3) is 5.91 Å². The van der Waals surface area contributed by atoms with Gasteiger partial charge in [-0.05, 0) is 31.2 Å². The zero-order valence-electron chi connectivity index (χ0n) is 15.3. The summed E-state index contributed by atoms with van der Waals surface area (Å²) in [5.74, 6) is -1.88. The van der Waals surface area contributed by atoms with Gasteiger partial charge in [0.05, 0.1) is 5.02 Å². The quantitative estimate of drug-likeness (QED) is 0.607. The minimum atomic E-state index is -0.941. The molecule has 146 valence electrons. The van der Waals surface area contributed by atoms with Crippen LogP contribution in [0.25, 0.3) is 22.1 Å². The fourth-order valence-electron chi connectivity index (χ4n) is 2.79. The summed E-state index contributed by atoms with van der Waals surface area (Å²) in [5, 5.41) is 0.322. The summed E-state index contributed by atoms with van der Waals surface area (Å²) in [7, 11) is 3.10. The molecule has 0 saturated carbocycles. The summed E-state index contributed by atoms with van der Waals surface area (Å²) in [6.45, 7) is 1.48. The van der Waals surface area contributed by atoms with E-state index in [1.807, 2.05) is 0 Å².